The summed E-state index contributed by atoms with van der Waals surface area (Å²) in [5.41, 5.74) is -0.0395. The molecule has 0 unspecified atom stereocenters. The Morgan fingerprint density at radius 1 is 1.47 bits per heavy atom. The standard InChI is InChI=1S/C12H18N2O5/c1-14(5-6-18-2)4-3-13-11(15)10-7-9(8-19-10)12(16)17/h7-8H,3-6H2,1-2H3,(H,13,15)(H,16,17). The average molecular weight is 270 g/mol. The monoisotopic (exact) mass is 270 g/mol. The van der Waals surface area contributed by atoms with Crippen molar-refractivity contribution in [2.75, 3.05) is 40.4 Å². The highest BCUT2D eigenvalue weighted by Crippen LogP contribution is 2.07. The van der Waals surface area contributed by atoms with E-state index < -0.39 is 11.9 Å². The largest absolute Gasteiger partial charge is 0.478 e. The number of rotatable bonds is 8. The number of likely N-dealkylation sites (N-methyl/N-ethyl adjacent to an activating group) is 1. The summed E-state index contributed by atoms with van der Waals surface area (Å²) in [6.07, 6.45) is 1.04. The van der Waals surface area contributed by atoms with Gasteiger partial charge in [-0.05, 0) is 7.05 Å². The lowest BCUT2D eigenvalue weighted by Gasteiger charge is -2.15. The highest BCUT2D eigenvalue weighted by Gasteiger charge is 2.14. The van der Waals surface area contributed by atoms with Crippen molar-refractivity contribution in [2.24, 2.45) is 0 Å². The van der Waals surface area contributed by atoms with E-state index in [-0.39, 0.29) is 11.3 Å². The molecule has 1 aromatic rings. The van der Waals surface area contributed by atoms with Crippen molar-refractivity contribution in [3.8, 4) is 0 Å². The van der Waals surface area contributed by atoms with Gasteiger partial charge in [0.25, 0.3) is 5.91 Å². The van der Waals surface area contributed by atoms with Crippen LogP contribution in [0.25, 0.3) is 0 Å². The van der Waals surface area contributed by atoms with Crippen LogP contribution in [0.4, 0.5) is 0 Å². The molecule has 0 aliphatic heterocycles. The lowest BCUT2D eigenvalue weighted by Crippen LogP contribution is -2.34. The van der Waals surface area contributed by atoms with E-state index in [2.05, 4.69) is 5.32 Å². The van der Waals surface area contributed by atoms with Gasteiger partial charge in [0.1, 0.15) is 6.26 Å². The van der Waals surface area contributed by atoms with Crippen LogP contribution in [-0.4, -0.2) is 62.3 Å². The highest BCUT2D eigenvalue weighted by molar-refractivity contribution is 5.95. The molecular formula is C12H18N2O5. The minimum atomic E-state index is -1.12. The molecule has 1 aromatic heterocycles. The van der Waals surface area contributed by atoms with E-state index in [0.717, 1.165) is 12.8 Å². The van der Waals surface area contributed by atoms with E-state index >= 15 is 0 Å². The number of carbonyl (C=O) groups is 2. The number of nitrogens with one attached hydrogen (secondary N) is 1. The highest BCUT2D eigenvalue weighted by atomic mass is 16.5. The number of amides is 1. The molecule has 106 valence electrons. The van der Waals surface area contributed by atoms with Crippen LogP contribution >= 0.6 is 0 Å². The van der Waals surface area contributed by atoms with Gasteiger partial charge in [0.2, 0.25) is 0 Å². The van der Waals surface area contributed by atoms with E-state index in [4.69, 9.17) is 14.3 Å². The first-order valence-electron chi connectivity index (χ1n) is 5.82. The lowest BCUT2D eigenvalue weighted by molar-refractivity contribution is 0.0695. The van der Waals surface area contributed by atoms with Crippen molar-refractivity contribution in [3.63, 3.8) is 0 Å². The summed E-state index contributed by atoms with van der Waals surface area (Å²) in [6.45, 7) is 2.52. The minimum absolute atomic E-state index is 0.00283. The van der Waals surface area contributed by atoms with E-state index in [1.54, 1.807) is 7.11 Å². The molecular weight excluding hydrogens is 252 g/mol. The number of hydrogen-bond donors (Lipinski definition) is 2. The van der Waals surface area contributed by atoms with Crippen LogP contribution in [0.1, 0.15) is 20.9 Å². The third-order valence-corrected chi connectivity index (χ3v) is 2.53. The van der Waals surface area contributed by atoms with Crippen molar-refractivity contribution in [1.29, 1.82) is 0 Å². The van der Waals surface area contributed by atoms with E-state index in [9.17, 15) is 9.59 Å². The number of carboxylic acids is 1. The van der Waals surface area contributed by atoms with Gasteiger partial charge in [0.05, 0.1) is 12.2 Å². The van der Waals surface area contributed by atoms with Gasteiger partial charge in [-0.3, -0.25) is 4.79 Å². The summed E-state index contributed by atoms with van der Waals surface area (Å²) in [4.78, 5) is 24.3. The number of carbonyl (C=O) groups excluding carboxylic acids is 1. The molecule has 1 amide bonds. The second kappa shape index (κ2) is 7.55. The Kier molecular flexibility index (Phi) is 6.04. The number of ether oxygens (including phenoxy) is 1. The molecule has 0 fully saturated rings. The third kappa shape index (κ3) is 5.11. The number of aromatic carboxylic acids is 1. The summed E-state index contributed by atoms with van der Waals surface area (Å²) < 4.78 is 9.82. The van der Waals surface area contributed by atoms with Crippen molar-refractivity contribution in [3.05, 3.63) is 23.7 Å². The SMILES string of the molecule is COCCN(C)CCNC(=O)c1cc(C(=O)O)co1. The van der Waals surface area contributed by atoms with Crippen molar-refractivity contribution in [2.45, 2.75) is 0 Å². The number of carboxylic acid groups (broad SMARTS) is 1. The quantitative estimate of drug-likeness (QED) is 0.705. The number of hydrogen-bond acceptors (Lipinski definition) is 5. The Morgan fingerprint density at radius 2 is 2.21 bits per heavy atom. The molecule has 0 aromatic carbocycles. The van der Waals surface area contributed by atoms with Gasteiger partial charge in [-0.2, -0.15) is 0 Å². The smallest absolute Gasteiger partial charge is 0.338 e. The molecule has 0 aliphatic carbocycles. The molecule has 0 radical (unpaired) electrons. The van der Waals surface area contributed by atoms with Gasteiger partial charge >= 0.3 is 5.97 Å². The fraction of sp³-hybridized carbons (Fsp3) is 0.500. The van der Waals surface area contributed by atoms with Crippen LogP contribution < -0.4 is 5.32 Å². The first-order chi connectivity index (χ1) is 9.04. The Balaban J connectivity index is 2.32. The molecule has 0 saturated carbocycles. The molecule has 7 nitrogen and oxygen atoms in total. The molecule has 1 heterocycles. The Hall–Kier alpha value is -1.86. The van der Waals surface area contributed by atoms with E-state index in [1.807, 2.05) is 11.9 Å². The number of methoxy groups -OCH3 is 1. The average Bonchev–Trinajstić information content (AvgIpc) is 2.86. The van der Waals surface area contributed by atoms with Crippen LogP contribution in [0.3, 0.4) is 0 Å². The maximum Gasteiger partial charge on any atom is 0.338 e. The van der Waals surface area contributed by atoms with Gasteiger partial charge in [-0.25, -0.2) is 4.79 Å². The van der Waals surface area contributed by atoms with Crippen LogP contribution in [0, 0.1) is 0 Å². The number of furan rings is 1. The minimum Gasteiger partial charge on any atom is -0.478 e. The molecule has 1 rings (SSSR count). The van der Waals surface area contributed by atoms with Crippen LogP contribution in [-0.2, 0) is 4.74 Å². The Bertz CT molecular complexity index is 430. The van der Waals surface area contributed by atoms with E-state index in [0.29, 0.717) is 19.7 Å². The van der Waals surface area contributed by atoms with Crippen LogP contribution in [0.5, 0.6) is 0 Å². The summed E-state index contributed by atoms with van der Waals surface area (Å²) in [5.74, 6) is -1.55. The molecule has 0 spiro atoms. The van der Waals surface area contributed by atoms with Crippen LogP contribution in [0.15, 0.2) is 16.7 Å². The second-order valence-electron chi connectivity index (χ2n) is 4.06. The summed E-state index contributed by atoms with van der Waals surface area (Å²) in [7, 11) is 3.55. The predicted molar refractivity (Wildman–Crippen MR) is 67.4 cm³/mol. The summed E-state index contributed by atoms with van der Waals surface area (Å²) >= 11 is 0. The first kappa shape index (κ1) is 15.2. The van der Waals surface area contributed by atoms with Crippen LogP contribution in [0.2, 0.25) is 0 Å². The predicted octanol–water partition coefficient (Wildman–Crippen LogP) is 0.286. The summed E-state index contributed by atoms with van der Waals surface area (Å²) in [6, 6.07) is 1.20. The molecule has 0 atom stereocenters. The van der Waals surface area contributed by atoms with Crippen molar-refractivity contribution in [1.82, 2.24) is 10.2 Å². The molecule has 2 N–H and O–H groups in total. The number of nitrogens with zero attached hydrogens (tertiary/aromatic N) is 1. The Morgan fingerprint density at radius 3 is 2.79 bits per heavy atom. The van der Waals surface area contributed by atoms with Crippen molar-refractivity contribution < 1.29 is 23.8 Å². The van der Waals surface area contributed by atoms with E-state index in [1.165, 1.54) is 6.07 Å². The lowest BCUT2D eigenvalue weighted by atomic mass is 10.3. The van der Waals surface area contributed by atoms with Gasteiger partial charge in [-0.1, -0.05) is 0 Å². The topological polar surface area (TPSA) is 92.0 Å². The molecule has 0 saturated heterocycles. The van der Waals surface area contributed by atoms with Gasteiger partial charge < -0.3 is 24.5 Å². The first-order valence-corrected chi connectivity index (χ1v) is 5.82. The Labute approximate surface area is 111 Å². The molecule has 0 bridgehead atoms. The fourth-order valence-corrected chi connectivity index (χ4v) is 1.37. The fourth-order valence-electron chi connectivity index (χ4n) is 1.37. The third-order valence-electron chi connectivity index (χ3n) is 2.53. The van der Waals surface area contributed by atoms with Gasteiger partial charge in [0.15, 0.2) is 5.76 Å². The zero-order valence-corrected chi connectivity index (χ0v) is 11.0. The molecule has 0 aliphatic rings. The van der Waals surface area contributed by atoms with Gasteiger partial charge in [0, 0.05) is 32.8 Å². The zero-order chi connectivity index (χ0) is 14.3. The zero-order valence-electron chi connectivity index (χ0n) is 11.0. The summed E-state index contributed by atoms with van der Waals surface area (Å²) in [5, 5.41) is 11.4. The normalized spacial score (nSPS) is 10.7. The maximum atomic E-state index is 11.6. The maximum absolute atomic E-state index is 11.6. The van der Waals surface area contributed by atoms with Crippen molar-refractivity contribution >= 4 is 11.9 Å². The molecule has 19 heavy (non-hydrogen) atoms. The second-order valence-corrected chi connectivity index (χ2v) is 4.06. The van der Waals surface area contributed by atoms with Gasteiger partial charge in [-0.15, -0.1) is 0 Å². The molecule has 7 heteroatoms.